The third kappa shape index (κ3) is 3.51. The number of hydrogen-bond acceptors (Lipinski definition) is 4. The third-order valence-electron chi connectivity index (χ3n) is 4.82. The Kier molecular flexibility index (Phi) is 5.31. The van der Waals surface area contributed by atoms with E-state index in [4.69, 9.17) is 4.74 Å². The minimum Gasteiger partial charge on any atom is -0.493 e. The van der Waals surface area contributed by atoms with Gasteiger partial charge in [0.25, 0.3) is 16.1 Å². The maximum Gasteiger partial charge on any atom is 0.282 e. The van der Waals surface area contributed by atoms with Crippen molar-refractivity contribution in [1.29, 1.82) is 0 Å². The van der Waals surface area contributed by atoms with Crippen molar-refractivity contribution >= 4 is 16.1 Å². The number of carbonyl (C=O) groups excluding carboxylic acids is 1. The number of piperazine rings is 1. The van der Waals surface area contributed by atoms with Gasteiger partial charge in [-0.1, -0.05) is 13.8 Å². The number of nitrogens with zero attached hydrogens (tertiary/aromatic N) is 3. The summed E-state index contributed by atoms with van der Waals surface area (Å²) < 4.78 is 33.5. The zero-order valence-corrected chi connectivity index (χ0v) is 15.6. The SMILES string of the molecule is CCN(CC)S(=O)(=O)N1CCN(C(=O)c2ccc3c(c2)CCO3)CC1. The van der Waals surface area contributed by atoms with Gasteiger partial charge in [-0.15, -0.1) is 0 Å². The summed E-state index contributed by atoms with van der Waals surface area (Å²) in [5, 5.41) is 0. The Morgan fingerprint density at radius 1 is 1.16 bits per heavy atom. The van der Waals surface area contributed by atoms with Crippen LogP contribution >= 0.6 is 0 Å². The number of fused-ring (bicyclic) bond motifs is 1. The van der Waals surface area contributed by atoms with E-state index in [2.05, 4.69) is 0 Å². The zero-order chi connectivity index (χ0) is 18.0. The molecule has 1 aromatic rings. The summed E-state index contributed by atoms with van der Waals surface area (Å²) >= 11 is 0. The Balaban J connectivity index is 1.65. The third-order valence-corrected chi connectivity index (χ3v) is 7.01. The molecule has 138 valence electrons. The topological polar surface area (TPSA) is 70.2 Å². The van der Waals surface area contributed by atoms with Crippen molar-refractivity contribution in [2.75, 3.05) is 45.9 Å². The summed E-state index contributed by atoms with van der Waals surface area (Å²) in [6.45, 7) is 6.72. The van der Waals surface area contributed by atoms with Crippen LogP contribution in [0.2, 0.25) is 0 Å². The lowest BCUT2D eigenvalue weighted by Crippen LogP contribution is -2.54. The summed E-state index contributed by atoms with van der Waals surface area (Å²) in [6, 6.07) is 5.52. The van der Waals surface area contributed by atoms with Crippen LogP contribution in [0.5, 0.6) is 5.75 Å². The molecule has 0 unspecified atom stereocenters. The monoisotopic (exact) mass is 367 g/mol. The molecule has 7 nitrogen and oxygen atoms in total. The van der Waals surface area contributed by atoms with E-state index in [1.54, 1.807) is 11.0 Å². The van der Waals surface area contributed by atoms with Crippen molar-refractivity contribution in [2.45, 2.75) is 20.3 Å². The smallest absolute Gasteiger partial charge is 0.282 e. The highest BCUT2D eigenvalue weighted by atomic mass is 32.2. The van der Waals surface area contributed by atoms with Crippen LogP contribution in [0.1, 0.15) is 29.8 Å². The molecule has 0 N–H and O–H groups in total. The van der Waals surface area contributed by atoms with E-state index in [0.29, 0.717) is 51.4 Å². The minimum absolute atomic E-state index is 0.0467. The molecule has 0 spiro atoms. The molecule has 25 heavy (non-hydrogen) atoms. The van der Waals surface area contributed by atoms with Crippen molar-refractivity contribution in [3.05, 3.63) is 29.3 Å². The Morgan fingerprint density at radius 2 is 1.84 bits per heavy atom. The molecule has 2 heterocycles. The van der Waals surface area contributed by atoms with Crippen molar-refractivity contribution in [3.63, 3.8) is 0 Å². The van der Waals surface area contributed by atoms with Gasteiger partial charge in [0, 0.05) is 51.3 Å². The highest BCUT2D eigenvalue weighted by Crippen LogP contribution is 2.26. The number of ether oxygens (including phenoxy) is 1. The number of hydrogen-bond donors (Lipinski definition) is 0. The van der Waals surface area contributed by atoms with Crippen LogP contribution in [0, 0.1) is 0 Å². The second-order valence-corrected chi connectivity index (χ2v) is 8.13. The largest absolute Gasteiger partial charge is 0.493 e. The van der Waals surface area contributed by atoms with Gasteiger partial charge in [-0.25, -0.2) is 0 Å². The van der Waals surface area contributed by atoms with E-state index in [-0.39, 0.29) is 5.91 Å². The van der Waals surface area contributed by atoms with Gasteiger partial charge >= 0.3 is 0 Å². The molecule has 1 aromatic carbocycles. The fraction of sp³-hybridized carbons (Fsp3) is 0.588. The lowest BCUT2D eigenvalue weighted by atomic mass is 10.1. The quantitative estimate of drug-likeness (QED) is 0.777. The van der Waals surface area contributed by atoms with Crippen molar-refractivity contribution in [2.24, 2.45) is 0 Å². The Bertz CT molecular complexity index is 738. The molecule has 0 saturated carbocycles. The molecule has 0 aliphatic carbocycles. The van der Waals surface area contributed by atoms with Crippen molar-refractivity contribution < 1.29 is 17.9 Å². The first-order valence-corrected chi connectivity index (χ1v) is 10.2. The average molecular weight is 367 g/mol. The molecule has 1 saturated heterocycles. The van der Waals surface area contributed by atoms with Crippen LogP contribution in [-0.2, 0) is 16.6 Å². The first-order valence-electron chi connectivity index (χ1n) is 8.77. The molecule has 0 bridgehead atoms. The molecular weight excluding hydrogens is 342 g/mol. The minimum atomic E-state index is -3.43. The molecule has 1 amide bonds. The molecule has 0 aromatic heterocycles. The van der Waals surface area contributed by atoms with Gasteiger partial charge in [0.15, 0.2) is 0 Å². The van der Waals surface area contributed by atoms with E-state index >= 15 is 0 Å². The fourth-order valence-corrected chi connectivity index (χ4v) is 4.94. The van der Waals surface area contributed by atoms with Gasteiger partial charge in [0.05, 0.1) is 6.61 Å². The van der Waals surface area contributed by atoms with Crippen LogP contribution in [-0.4, -0.2) is 73.7 Å². The van der Waals surface area contributed by atoms with Gasteiger partial charge in [-0.2, -0.15) is 17.0 Å². The van der Waals surface area contributed by atoms with Gasteiger partial charge in [-0.05, 0) is 23.8 Å². The van der Waals surface area contributed by atoms with Crippen LogP contribution in [0.3, 0.4) is 0 Å². The van der Waals surface area contributed by atoms with Crippen LogP contribution in [0.4, 0.5) is 0 Å². The fourth-order valence-electron chi connectivity index (χ4n) is 3.34. The molecule has 1 fully saturated rings. The van der Waals surface area contributed by atoms with Crippen LogP contribution < -0.4 is 4.74 Å². The summed E-state index contributed by atoms with van der Waals surface area (Å²) in [7, 11) is -3.43. The molecule has 8 heteroatoms. The normalized spacial score (nSPS) is 18.3. The van der Waals surface area contributed by atoms with Crippen LogP contribution in [0.15, 0.2) is 18.2 Å². The summed E-state index contributed by atoms with van der Waals surface area (Å²) in [5.74, 6) is 0.807. The zero-order valence-electron chi connectivity index (χ0n) is 14.8. The Labute approximate surface area is 149 Å². The van der Waals surface area contributed by atoms with Gasteiger partial charge in [-0.3, -0.25) is 4.79 Å². The lowest BCUT2D eigenvalue weighted by Gasteiger charge is -2.36. The molecule has 2 aliphatic rings. The Morgan fingerprint density at radius 3 is 2.48 bits per heavy atom. The van der Waals surface area contributed by atoms with Crippen LogP contribution in [0.25, 0.3) is 0 Å². The van der Waals surface area contributed by atoms with E-state index in [0.717, 1.165) is 17.7 Å². The summed E-state index contributed by atoms with van der Waals surface area (Å²) in [4.78, 5) is 14.4. The molecule has 2 aliphatic heterocycles. The standard InChI is InChI=1S/C17H25N3O4S/c1-3-19(4-2)25(22,23)20-10-8-18(9-11-20)17(21)15-5-6-16-14(13-15)7-12-24-16/h5-6,13H,3-4,7-12H2,1-2H3. The predicted molar refractivity (Wildman–Crippen MR) is 95.0 cm³/mol. The van der Waals surface area contributed by atoms with Gasteiger partial charge in [0.2, 0.25) is 0 Å². The van der Waals surface area contributed by atoms with E-state index in [1.165, 1.54) is 8.61 Å². The molecule has 0 radical (unpaired) electrons. The number of carbonyl (C=O) groups is 1. The predicted octanol–water partition coefficient (Wildman–Crippen LogP) is 0.966. The highest BCUT2D eigenvalue weighted by Gasteiger charge is 2.32. The molecule has 0 atom stereocenters. The average Bonchev–Trinajstić information content (AvgIpc) is 3.09. The summed E-state index contributed by atoms with van der Waals surface area (Å²) in [6.07, 6.45) is 0.826. The van der Waals surface area contributed by atoms with E-state index in [1.807, 2.05) is 26.0 Å². The first kappa shape index (κ1) is 18.2. The van der Waals surface area contributed by atoms with Gasteiger partial charge in [0.1, 0.15) is 5.75 Å². The van der Waals surface area contributed by atoms with Crippen molar-refractivity contribution in [3.8, 4) is 5.75 Å². The summed E-state index contributed by atoms with van der Waals surface area (Å²) in [5.41, 5.74) is 1.71. The first-order chi connectivity index (χ1) is 12.0. The maximum absolute atomic E-state index is 12.7. The number of benzene rings is 1. The second-order valence-electron chi connectivity index (χ2n) is 6.20. The molecule has 3 rings (SSSR count). The molecular formula is C17H25N3O4S. The van der Waals surface area contributed by atoms with Gasteiger partial charge < -0.3 is 9.64 Å². The number of rotatable bonds is 5. The van der Waals surface area contributed by atoms with E-state index in [9.17, 15) is 13.2 Å². The maximum atomic E-state index is 12.7. The lowest BCUT2D eigenvalue weighted by molar-refractivity contribution is 0.0694. The van der Waals surface area contributed by atoms with Crippen molar-refractivity contribution in [1.82, 2.24) is 13.5 Å². The Hall–Kier alpha value is -1.64. The van der Waals surface area contributed by atoms with E-state index < -0.39 is 10.2 Å². The second kappa shape index (κ2) is 7.31. The highest BCUT2D eigenvalue weighted by molar-refractivity contribution is 7.86. The number of amides is 1.